The smallest absolute Gasteiger partial charge is 0.870 e. The number of hydrogen-bond acceptors (Lipinski definition) is 26. The normalized spacial score (nSPS) is 14.7. The Morgan fingerprint density at radius 3 is 0.464 bits per heavy atom. The number of rotatable bonds is 18. The molecule has 0 saturated carbocycles. The molecule has 0 amide bonds. The summed E-state index contributed by atoms with van der Waals surface area (Å²) in [6.07, 6.45) is 0. The third-order valence-electron chi connectivity index (χ3n) is 15.7. The topological polar surface area (TPSA) is 398 Å². The summed E-state index contributed by atoms with van der Waals surface area (Å²) in [7, 11) is -0.775. The van der Waals surface area contributed by atoms with Crippen LogP contribution in [0.2, 0.25) is 0 Å². The molecule has 535 valence electrons. The molecule has 2 fully saturated rings. The van der Waals surface area contributed by atoms with Gasteiger partial charge in [0.25, 0.3) is 0 Å². The molecule has 8 rings (SSSR count). The van der Waals surface area contributed by atoms with Gasteiger partial charge in [-0.2, -0.15) is 0 Å². The number of benzene rings is 6. The first-order valence-electron chi connectivity index (χ1n) is 29.9. The van der Waals surface area contributed by atoms with Gasteiger partial charge in [-0.25, -0.2) is 37.3 Å². The van der Waals surface area contributed by atoms with Crippen LogP contribution in [0.3, 0.4) is 0 Å². The minimum atomic E-state index is -4.94. The number of nitrogens with zero attached hydrogens (tertiary/aromatic N) is 6. The maximum absolute atomic E-state index is 13.1. The Hall–Kier alpha value is -4.88. The summed E-state index contributed by atoms with van der Waals surface area (Å²) >= 11 is 0. The van der Waals surface area contributed by atoms with Crippen LogP contribution >= 0.6 is 0 Å². The molecule has 2 saturated heterocycles. The third-order valence-corrected chi connectivity index (χ3v) is 15.7. The average molecular weight is 1610 g/mol. The van der Waals surface area contributed by atoms with Crippen molar-refractivity contribution in [2.75, 3.05) is 121 Å². The van der Waals surface area contributed by atoms with Gasteiger partial charge in [0.05, 0.1) is 42.7 Å². The molecular formula is C66H84Cl2LaN6Ni2O20. The molecule has 0 N–H and O–H groups in total. The second kappa shape index (κ2) is 41.8. The zero-order chi connectivity index (χ0) is 69.8. The zero-order valence-corrected chi connectivity index (χ0v) is 63.6. The van der Waals surface area contributed by atoms with Crippen molar-refractivity contribution >= 4 is 0 Å². The van der Waals surface area contributed by atoms with Crippen LogP contribution in [0.1, 0.15) is 66.8 Å². The van der Waals surface area contributed by atoms with E-state index in [9.17, 15) is 30.6 Å². The summed E-state index contributed by atoms with van der Waals surface area (Å²) in [5.41, 5.74) is 10.0. The van der Waals surface area contributed by atoms with Gasteiger partial charge < -0.3 is 59.1 Å². The largest absolute Gasteiger partial charge is 3.00 e. The van der Waals surface area contributed by atoms with Crippen LogP contribution in [-0.2, 0) is 72.3 Å². The number of halogens is 2. The SMILES string of the molecule is COc1cc(C)cc(CN2CCN(Cc3cc(C)cc(OC)c3[O-])CCN(Cc3cc(C)cc(OC)c3[O-])CC2)c1[O-].COc1cc(C)cc(CN2CCN(Cc3cc(C)cc(OC)c3[O-])CCN(Cc3cc(C)cc(OC)c3[O-])CC2)c1[O-].[La+3].[Ni+2].[Ni+3].[O-][Cl+3]([O-])([O-])[O-].[O-][Cl+3]([O-])([O-])[O-]. The summed E-state index contributed by atoms with van der Waals surface area (Å²) in [5.74, 6) is 1.54. The quantitative estimate of drug-likeness (QED) is 0.0737. The summed E-state index contributed by atoms with van der Waals surface area (Å²) in [5, 5.41) is 78.3. The molecule has 2 aliphatic rings. The molecule has 0 bridgehead atoms. The Kier molecular flexibility index (Phi) is 38.0. The Bertz CT molecular complexity index is 2840. The van der Waals surface area contributed by atoms with Crippen molar-refractivity contribution in [3.05, 3.63) is 140 Å². The second-order valence-corrected chi connectivity index (χ2v) is 24.7. The van der Waals surface area contributed by atoms with Crippen molar-refractivity contribution in [2.24, 2.45) is 0 Å². The summed E-state index contributed by atoms with van der Waals surface area (Å²) in [6.45, 7) is 23.2. The molecule has 2 heterocycles. The second-order valence-electron chi connectivity index (χ2n) is 23.1. The number of methoxy groups -OCH3 is 6. The molecule has 31 heteroatoms. The Labute approximate surface area is 620 Å². The molecule has 97 heavy (non-hydrogen) atoms. The fourth-order valence-corrected chi connectivity index (χ4v) is 11.3. The molecule has 1 radical (unpaired) electrons. The summed E-state index contributed by atoms with van der Waals surface area (Å²) < 4.78 is 100.0. The van der Waals surface area contributed by atoms with Crippen LogP contribution in [-0.4, -0.2) is 151 Å². The van der Waals surface area contributed by atoms with E-state index >= 15 is 0 Å². The van der Waals surface area contributed by atoms with Crippen molar-refractivity contribution in [1.82, 2.24) is 29.4 Å². The first-order valence-corrected chi connectivity index (χ1v) is 32.3. The van der Waals surface area contributed by atoms with E-state index in [-0.39, 0.29) is 103 Å². The van der Waals surface area contributed by atoms with Gasteiger partial charge in [0.2, 0.25) is 0 Å². The molecular weight excluding hydrogens is 1520 g/mol. The molecule has 0 spiro atoms. The van der Waals surface area contributed by atoms with Gasteiger partial charge in [0.15, 0.2) is 0 Å². The van der Waals surface area contributed by atoms with E-state index in [1.807, 2.05) is 77.9 Å². The van der Waals surface area contributed by atoms with E-state index in [2.05, 4.69) is 29.4 Å². The van der Waals surface area contributed by atoms with Crippen LogP contribution < -0.4 is 96.3 Å². The fraction of sp³-hybridized carbons (Fsp3) is 0.455. The summed E-state index contributed by atoms with van der Waals surface area (Å²) in [6, 6.07) is 22.2. The molecule has 6 aromatic rings. The molecule has 0 unspecified atom stereocenters. The van der Waals surface area contributed by atoms with Gasteiger partial charge in [0.1, 0.15) is 34.5 Å². The minimum absolute atomic E-state index is 0. The van der Waals surface area contributed by atoms with Gasteiger partial charge in [-0.15, -0.1) is 20.5 Å². The maximum atomic E-state index is 13.1. The van der Waals surface area contributed by atoms with Crippen molar-refractivity contribution in [1.29, 1.82) is 0 Å². The Balaban J connectivity index is 0.000000563. The monoisotopic (exact) mass is 1610 g/mol. The zero-order valence-electron chi connectivity index (χ0n) is 56.5. The van der Waals surface area contributed by atoms with E-state index in [0.717, 1.165) is 33.4 Å². The van der Waals surface area contributed by atoms with E-state index in [1.54, 1.807) is 36.4 Å². The molecule has 2 aliphatic heterocycles. The Morgan fingerprint density at radius 1 is 0.268 bits per heavy atom. The number of ether oxygens (including phenoxy) is 6. The van der Waals surface area contributed by atoms with Crippen LogP contribution in [0.25, 0.3) is 0 Å². The standard InChI is InChI=1S/2C33H45N3O6.2ClHO4.La.2Ni/c2*1-22-13-25(31(37)28(16-22)40-4)19-34-7-9-35(20-26-14-23(2)17-29(41-5)32(26)38)11-12-36(10-8-34)21-27-15-24(3)18-30(42-6)33(27)39;2*2-1(3,4)5;;;/h2*13-18,37-39H,7-12,19-21H2,1-6H3;2*(H,2,3,4,5);;;/q;;;;+3;+2;+3/p-8. The van der Waals surface area contributed by atoms with E-state index in [0.29, 0.717) is 186 Å². The minimum Gasteiger partial charge on any atom is -0.870 e. The predicted molar refractivity (Wildman–Crippen MR) is 315 cm³/mol. The van der Waals surface area contributed by atoms with E-state index < -0.39 is 20.5 Å². The van der Waals surface area contributed by atoms with Gasteiger partial charge in [-0.3, -0.25) is 29.4 Å². The molecule has 26 nitrogen and oxygen atoms in total. The van der Waals surface area contributed by atoms with Crippen molar-refractivity contribution in [3.8, 4) is 69.0 Å². The van der Waals surface area contributed by atoms with Gasteiger partial charge >= 0.3 is 68.6 Å². The van der Waals surface area contributed by atoms with Gasteiger partial charge in [-0.05, 0) is 145 Å². The van der Waals surface area contributed by atoms with Crippen molar-refractivity contribution in [2.45, 2.75) is 80.8 Å². The van der Waals surface area contributed by atoms with Crippen LogP contribution in [0, 0.1) is 97.6 Å². The van der Waals surface area contributed by atoms with Gasteiger partial charge in [0, 0.05) is 118 Å². The summed E-state index contributed by atoms with van der Waals surface area (Å²) in [4.78, 5) is 13.6. The molecule has 6 aromatic carbocycles. The van der Waals surface area contributed by atoms with Crippen LogP contribution in [0.4, 0.5) is 0 Å². The average Bonchev–Trinajstić information content (AvgIpc) is 1.69. The van der Waals surface area contributed by atoms with Crippen LogP contribution in [0.5, 0.6) is 69.0 Å². The fourth-order valence-electron chi connectivity index (χ4n) is 11.3. The van der Waals surface area contributed by atoms with Crippen LogP contribution in [0.15, 0.2) is 72.8 Å². The predicted octanol–water partition coefficient (Wildman–Crippen LogP) is -4.16. The van der Waals surface area contributed by atoms with E-state index in [4.69, 9.17) is 65.7 Å². The molecule has 0 aromatic heterocycles. The van der Waals surface area contributed by atoms with Gasteiger partial charge in [-0.1, -0.05) is 70.9 Å². The number of hydrogen-bond donors (Lipinski definition) is 0. The van der Waals surface area contributed by atoms with E-state index in [1.165, 1.54) is 42.7 Å². The Morgan fingerprint density at radius 2 is 0.371 bits per heavy atom. The van der Waals surface area contributed by atoms with Crippen molar-refractivity contribution in [3.63, 3.8) is 0 Å². The first kappa shape index (κ1) is 88.2. The first-order chi connectivity index (χ1) is 44.2. The maximum Gasteiger partial charge on any atom is 3.00 e. The third kappa shape index (κ3) is 29.3. The van der Waals surface area contributed by atoms with Crippen molar-refractivity contribution < 1.29 is 185 Å². The molecule has 0 atom stereocenters. The molecule has 0 aliphatic carbocycles. The number of aryl methyl sites for hydroxylation is 6.